The van der Waals surface area contributed by atoms with Crippen molar-refractivity contribution in [1.82, 2.24) is 24.1 Å². The van der Waals surface area contributed by atoms with Gasteiger partial charge in [0.2, 0.25) is 0 Å². The van der Waals surface area contributed by atoms with Gasteiger partial charge in [0.25, 0.3) is 6.71 Å². The molecular weight excluding hydrogens is 1370 g/mol. The van der Waals surface area contributed by atoms with E-state index in [0.717, 1.165) is 88.3 Å². The number of anilines is 6. The van der Waals surface area contributed by atoms with E-state index in [0.29, 0.717) is 56.6 Å². The summed E-state index contributed by atoms with van der Waals surface area (Å²) in [6, 6.07) is 69.7. The molecule has 0 fully saturated rings. The average Bonchev–Trinajstić information content (AvgIpc) is 1.64. The molecule has 0 radical (unpaired) electrons. The molecule has 0 saturated heterocycles. The number of hydrogen-bond acceptors (Lipinski definition) is 5. The van der Waals surface area contributed by atoms with Crippen molar-refractivity contribution in [3.05, 3.63) is 362 Å². The number of nitrogens with zero attached hydrogens (tertiary/aromatic N) is 7. The minimum absolute atomic E-state index is 0.0632. The molecule has 20 rings (SSSR count). The van der Waals surface area contributed by atoms with E-state index >= 15 is 0 Å². The first kappa shape index (κ1) is 51.9. The van der Waals surface area contributed by atoms with Crippen LogP contribution in [0.15, 0.2) is 345 Å². The second-order valence-electron chi connectivity index (χ2n) is 32.3. The Kier molecular flexibility index (Phi) is 12.2. The number of aromatic nitrogens is 5. The van der Waals surface area contributed by atoms with Gasteiger partial charge in [0, 0.05) is 77.8 Å². The highest BCUT2D eigenvalue weighted by Gasteiger charge is 2.46. The van der Waals surface area contributed by atoms with Crippen molar-refractivity contribution in [2.75, 3.05) is 9.80 Å². The summed E-state index contributed by atoms with van der Waals surface area (Å²) in [6.45, 7) is 18.6. The molecule has 5 heterocycles. The van der Waals surface area contributed by atoms with Crippen molar-refractivity contribution < 1.29 is 24.7 Å². The van der Waals surface area contributed by atoms with E-state index in [1.54, 1.807) is 4.57 Å². The Morgan fingerprint density at radius 1 is 0.274 bits per heavy atom. The molecule has 542 valence electrons. The third kappa shape index (κ3) is 11.8. The van der Waals surface area contributed by atoms with Gasteiger partial charge in [-0.15, -0.1) is 0 Å². The van der Waals surface area contributed by atoms with Crippen LogP contribution in [-0.2, 0) is 16.2 Å². The highest BCUT2D eigenvalue weighted by Crippen LogP contribution is 2.55. The Hall–Kier alpha value is -13.4. The maximum Gasteiger partial charge on any atom is 0.252 e. The van der Waals surface area contributed by atoms with Crippen LogP contribution >= 0.6 is 0 Å². The van der Waals surface area contributed by atoms with Crippen LogP contribution in [-0.4, -0.2) is 30.8 Å². The lowest BCUT2D eigenvalue weighted by atomic mass is 9.33. The molecule has 0 saturated carbocycles. The fourth-order valence-corrected chi connectivity index (χ4v) is 16.6. The molecule has 3 aromatic heterocycles. The summed E-state index contributed by atoms with van der Waals surface area (Å²) in [5, 5.41) is 1.74. The van der Waals surface area contributed by atoms with Gasteiger partial charge in [0.15, 0.2) is 17.5 Å². The van der Waals surface area contributed by atoms with E-state index in [4.69, 9.17) is 20.4 Å². The normalized spacial score (nSPS) is 15.0. The SMILES string of the molecule is [2H]c1c([2H])c([2H])c(-c2nc(-c3cc(C(C)(C)C)cc(-c4ccccc4)c3N3c4cc(-c5cc(C(C)(C)C)cc(C(C)(C)C)c5)ccc4B4c5ccc(-n6c7c([2H])c([2H])c([2H])c([2H])c7c7c([2H])c([2H])c([2H])c([2H])c76)cc5N(c5ccc(-c6ccccc6)cc5-c5ccccc5)c5cc(-n6c7ccccc7c7ccccc76)cc3c54)nc(-c3c([2H])c([2H])c([2H])c([2H])c3[2H])n2)c([2H])c1[2H]. The van der Waals surface area contributed by atoms with Gasteiger partial charge in [-0.2, -0.15) is 0 Å². The second kappa shape index (κ2) is 26.7. The predicted molar refractivity (Wildman–Crippen MR) is 477 cm³/mol. The first-order chi connectivity index (χ1) is 62.4. The summed E-state index contributed by atoms with van der Waals surface area (Å²) in [4.78, 5) is 20.2. The Bertz CT molecular complexity index is 7670. The van der Waals surface area contributed by atoms with Crippen LogP contribution < -0.4 is 26.2 Å². The summed E-state index contributed by atoms with van der Waals surface area (Å²) in [6.07, 6.45) is 0. The van der Waals surface area contributed by atoms with Crippen LogP contribution in [0.5, 0.6) is 0 Å². The molecule has 113 heavy (non-hydrogen) atoms. The first-order valence-corrected chi connectivity index (χ1v) is 38.0. The molecule has 7 nitrogen and oxygen atoms in total. The van der Waals surface area contributed by atoms with Crippen LogP contribution in [0.3, 0.4) is 0 Å². The molecule has 15 aromatic carbocycles. The van der Waals surface area contributed by atoms with Crippen molar-refractivity contribution in [2.45, 2.75) is 78.6 Å². The highest BCUT2D eigenvalue weighted by atomic mass is 15.2. The molecule has 8 heteroatoms. The first-order valence-electron chi connectivity index (χ1n) is 47.0. The van der Waals surface area contributed by atoms with Gasteiger partial charge in [-0.3, -0.25) is 0 Å². The third-order valence-electron chi connectivity index (χ3n) is 22.2. The number of hydrogen-bond donors (Lipinski definition) is 0. The zero-order valence-corrected chi connectivity index (χ0v) is 63.7. The van der Waals surface area contributed by atoms with Gasteiger partial charge in [-0.05, 0) is 162 Å². The van der Waals surface area contributed by atoms with Crippen LogP contribution in [0.1, 0.15) is 104 Å². The Morgan fingerprint density at radius 3 is 1.27 bits per heavy atom. The number of rotatable bonds is 11. The second-order valence-corrected chi connectivity index (χ2v) is 32.3. The van der Waals surface area contributed by atoms with Crippen molar-refractivity contribution in [1.29, 1.82) is 0 Å². The topological polar surface area (TPSA) is 55.0 Å². The summed E-state index contributed by atoms with van der Waals surface area (Å²) in [5.41, 5.74) is 15.8. The lowest BCUT2D eigenvalue weighted by Crippen LogP contribution is -2.61. The summed E-state index contributed by atoms with van der Waals surface area (Å²) in [5.74, 6) is -1.08. The maximum atomic E-state index is 9.94. The van der Waals surface area contributed by atoms with Gasteiger partial charge >= 0.3 is 0 Å². The molecule has 18 aromatic rings. The molecule has 0 bridgehead atoms. The molecule has 2 aliphatic heterocycles. The van der Waals surface area contributed by atoms with E-state index in [-0.39, 0.29) is 44.0 Å². The molecule has 0 N–H and O–H groups in total. The average molecular weight is 1470 g/mol. The molecule has 0 spiro atoms. The highest BCUT2D eigenvalue weighted by molar-refractivity contribution is 7.00. The van der Waals surface area contributed by atoms with Gasteiger partial charge in [0.1, 0.15) is 0 Å². The summed E-state index contributed by atoms with van der Waals surface area (Å²) in [7, 11) is 0. The van der Waals surface area contributed by atoms with E-state index < -0.39 is 144 Å². The maximum absolute atomic E-state index is 9.94. The minimum atomic E-state index is -0.795. The van der Waals surface area contributed by atoms with Gasteiger partial charge < -0.3 is 18.9 Å². The molecule has 0 atom stereocenters. The van der Waals surface area contributed by atoms with Crippen molar-refractivity contribution in [3.8, 4) is 90.0 Å². The molecule has 0 amide bonds. The predicted octanol–water partition coefficient (Wildman–Crippen LogP) is 25.7. The standard InChI is InChI=1S/C105H84BN7/c1-103(2,3)75-57-74(58-76(61-75)104(4,5)6)73-51-54-87-94(60-73)113(99-85(69-37-19-12-20-38-69)62-77(105(7,8)9)63-86(99)102-108-100(70-39-21-13-22-40-70)107-101(109-102)71-41-23-14-24-42-71)97-66-79(111-91-49-31-27-45-82(91)83-46-28-32-50-92(83)111)65-96-98(97)106(87)88-55-53-78(110-89-47-29-25-43-80(89)81-44-26-30-48-90(81)110)64-95(88)112(96)93-56-52-72(67-33-15-10-16-34-67)59-84(93)68-35-17-11-18-36-68/h10-66H,1-9H3/i13D,14D,21D,22D,23D,24D,25D,26D,29D,30D,39D,40D,41D,42D,43D,44D,47D,48D. The van der Waals surface area contributed by atoms with Crippen LogP contribution in [0.25, 0.3) is 134 Å². The molecular formula is C105H84BN7. The largest absolute Gasteiger partial charge is 0.311 e. The van der Waals surface area contributed by atoms with Crippen LogP contribution in [0.2, 0.25) is 0 Å². The van der Waals surface area contributed by atoms with Crippen LogP contribution in [0, 0.1) is 0 Å². The van der Waals surface area contributed by atoms with Crippen molar-refractivity contribution >= 4 is 101 Å². The Morgan fingerprint density at radius 2 is 0.708 bits per heavy atom. The van der Waals surface area contributed by atoms with E-state index in [1.807, 2.05) is 115 Å². The van der Waals surface area contributed by atoms with Gasteiger partial charge in [-0.25, -0.2) is 15.0 Å². The molecule has 2 aliphatic rings. The van der Waals surface area contributed by atoms with Crippen molar-refractivity contribution in [2.24, 2.45) is 0 Å². The Balaban J connectivity index is 1.02. The fraction of sp³-hybridized carbons (Fsp3) is 0.114. The quantitative estimate of drug-likeness (QED) is 0.121. The van der Waals surface area contributed by atoms with Crippen molar-refractivity contribution in [3.63, 3.8) is 0 Å². The van der Waals surface area contributed by atoms with E-state index in [1.165, 1.54) is 0 Å². The third-order valence-corrected chi connectivity index (χ3v) is 22.2. The smallest absolute Gasteiger partial charge is 0.252 e. The summed E-state index contributed by atoms with van der Waals surface area (Å²) < 4.78 is 173. The van der Waals surface area contributed by atoms with Gasteiger partial charge in [0.05, 0.1) is 63.8 Å². The molecule has 0 aliphatic carbocycles. The fourth-order valence-electron chi connectivity index (χ4n) is 16.6. The van der Waals surface area contributed by atoms with Gasteiger partial charge in [-0.1, -0.05) is 329 Å². The zero-order chi connectivity index (χ0) is 92.3. The monoisotopic (exact) mass is 1470 g/mol. The van der Waals surface area contributed by atoms with E-state index in [9.17, 15) is 19.2 Å². The number of para-hydroxylation sites is 4. The Labute approximate surface area is 686 Å². The lowest BCUT2D eigenvalue weighted by molar-refractivity contribution is 0.569. The minimum Gasteiger partial charge on any atom is -0.311 e. The van der Waals surface area contributed by atoms with E-state index in [2.05, 4.69) is 198 Å². The van der Waals surface area contributed by atoms with Crippen LogP contribution in [0.4, 0.5) is 34.1 Å². The lowest BCUT2D eigenvalue weighted by Gasteiger charge is -2.46. The molecule has 0 unspecified atom stereocenters. The zero-order valence-electron chi connectivity index (χ0n) is 81.7. The number of fused-ring (bicyclic) bond motifs is 10. The number of benzene rings is 15. The summed E-state index contributed by atoms with van der Waals surface area (Å²) >= 11 is 0.